The van der Waals surface area contributed by atoms with Gasteiger partial charge in [-0.2, -0.15) is 0 Å². The first-order chi connectivity index (χ1) is 9.45. The largest absolute Gasteiger partial charge is 0.391 e. The second-order valence-corrected chi connectivity index (χ2v) is 6.49. The molecule has 1 unspecified atom stereocenters. The molecule has 0 radical (unpaired) electrons. The van der Waals surface area contributed by atoms with Gasteiger partial charge in [0.15, 0.2) is 0 Å². The molecule has 1 N–H and O–H groups in total. The predicted molar refractivity (Wildman–Crippen MR) is 80.2 cm³/mol. The summed E-state index contributed by atoms with van der Waals surface area (Å²) >= 11 is 0. The van der Waals surface area contributed by atoms with Crippen LogP contribution in [0.2, 0.25) is 0 Å². The van der Waals surface area contributed by atoms with Crippen LogP contribution < -0.4 is 0 Å². The van der Waals surface area contributed by atoms with Crippen molar-refractivity contribution in [2.24, 2.45) is 5.92 Å². The van der Waals surface area contributed by atoms with Crippen molar-refractivity contribution in [1.29, 1.82) is 0 Å². The number of likely N-dealkylation sites (N-methyl/N-ethyl adjacent to an activating group) is 1. The average molecular weight is 279 g/mol. The summed E-state index contributed by atoms with van der Waals surface area (Å²) in [7, 11) is 4.06. The number of benzene rings is 1. The number of rotatable bonds is 4. The number of hydrogen-bond donors (Lipinski definition) is 1. The van der Waals surface area contributed by atoms with Crippen molar-refractivity contribution in [2.75, 3.05) is 14.1 Å². The van der Waals surface area contributed by atoms with Crippen LogP contribution in [0.5, 0.6) is 0 Å². The van der Waals surface area contributed by atoms with Crippen LogP contribution in [0.3, 0.4) is 0 Å². The molecule has 1 atom stereocenters. The summed E-state index contributed by atoms with van der Waals surface area (Å²) in [6, 6.07) is 6.76. The van der Waals surface area contributed by atoms with Gasteiger partial charge in [0.25, 0.3) is 0 Å². The molecule has 1 aliphatic carbocycles. The second kappa shape index (κ2) is 6.23. The zero-order chi connectivity index (χ0) is 14.8. The van der Waals surface area contributed by atoms with E-state index in [4.69, 9.17) is 0 Å². The van der Waals surface area contributed by atoms with Gasteiger partial charge in [0.2, 0.25) is 0 Å². The standard InChI is InChI=1S/C17H26FNO/c1-13-8-10-17(11-9-13,19(2)3)16(20)12-14-6-4-5-7-15(14)18/h4-7,13,16,20H,8-12H2,1-3H3. The Bertz CT molecular complexity index is 438. The highest BCUT2D eigenvalue weighted by Gasteiger charge is 2.42. The fourth-order valence-corrected chi connectivity index (χ4v) is 3.40. The zero-order valence-electron chi connectivity index (χ0n) is 12.8. The molecule has 2 rings (SSSR count). The van der Waals surface area contributed by atoms with Crippen LogP contribution in [0.25, 0.3) is 0 Å². The van der Waals surface area contributed by atoms with Gasteiger partial charge in [0.05, 0.1) is 6.10 Å². The van der Waals surface area contributed by atoms with Gasteiger partial charge < -0.3 is 10.0 Å². The molecule has 1 aromatic rings. The maximum absolute atomic E-state index is 13.8. The molecule has 0 saturated heterocycles. The maximum atomic E-state index is 13.8. The Balaban J connectivity index is 2.16. The van der Waals surface area contributed by atoms with E-state index in [1.165, 1.54) is 6.07 Å². The van der Waals surface area contributed by atoms with Gasteiger partial charge >= 0.3 is 0 Å². The molecule has 0 heterocycles. The third-order valence-electron chi connectivity index (χ3n) is 5.02. The number of aliphatic hydroxyl groups excluding tert-OH is 1. The van der Waals surface area contributed by atoms with Gasteiger partial charge in [-0.3, -0.25) is 0 Å². The predicted octanol–water partition coefficient (Wildman–Crippen LogP) is 3.24. The monoisotopic (exact) mass is 279 g/mol. The quantitative estimate of drug-likeness (QED) is 0.914. The highest BCUT2D eigenvalue weighted by Crippen LogP contribution is 2.38. The van der Waals surface area contributed by atoms with E-state index in [1.54, 1.807) is 12.1 Å². The minimum Gasteiger partial charge on any atom is -0.391 e. The van der Waals surface area contributed by atoms with Crippen LogP contribution >= 0.6 is 0 Å². The molecular formula is C17H26FNO. The number of hydrogen-bond acceptors (Lipinski definition) is 2. The molecule has 0 aromatic heterocycles. The highest BCUT2D eigenvalue weighted by atomic mass is 19.1. The fraction of sp³-hybridized carbons (Fsp3) is 0.647. The number of halogens is 1. The molecule has 2 nitrogen and oxygen atoms in total. The molecule has 112 valence electrons. The van der Waals surface area contributed by atoms with E-state index in [-0.39, 0.29) is 11.4 Å². The summed E-state index contributed by atoms with van der Waals surface area (Å²) < 4.78 is 13.8. The van der Waals surface area contributed by atoms with Crippen molar-refractivity contribution < 1.29 is 9.50 Å². The third kappa shape index (κ3) is 3.04. The van der Waals surface area contributed by atoms with E-state index >= 15 is 0 Å². The molecule has 0 amide bonds. The Hall–Kier alpha value is -0.930. The van der Waals surface area contributed by atoms with E-state index < -0.39 is 6.10 Å². The molecule has 1 fully saturated rings. The number of nitrogens with zero attached hydrogens (tertiary/aromatic N) is 1. The maximum Gasteiger partial charge on any atom is 0.126 e. The molecule has 0 aliphatic heterocycles. The highest BCUT2D eigenvalue weighted by molar-refractivity contribution is 5.19. The first kappa shape index (κ1) is 15.5. The van der Waals surface area contributed by atoms with Crippen LogP contribution in [0.1, 0.15) is 38.2 Å². The molecule has 0 spiro atoms. The molecule has 1 aromatic carbocycles. The Morgan fingerprint density at radius 3 is 2.45 bits per heavy atom. The summed E-state index contributed by atoms with van der Waals surface area (Å²) in [5.41, 5.74) is 0.397. The normalized spacial score (nSPS) is 28.6. The minimum absolute atomic E-state index is 0.214. The van der Waals surface area contributed by atoms with Gasteiger partial charge in [0, 0.05) is 12.0 Å². The first-order valence-electron chi connectivity index (χ1n) is 7.54. The van der Waals surface area contributed by atoms with E-state index in [9.17, 15) is 9.50 Å². The molecule has 1 aliphatic rings. The molecule has 20 heavy (non-hydrogen) atoms. The van der Waals surface area contributed by atoms with Crippen LogP contribution in [0, 0.1) is 11.7 Å². The van der Waals surface area contributed by atoms with Crippen LogP contribution in [-0.2, 0) is 6.42 Å². The molecule has 0 bridgehead atoms. The van der Waals surface area contributed by atoms with E-state index in [2.05, 4.69) is 11.8 Å². The summed E-state index contributed by atoms with van der Waals surface area (Å²) in [4.78, 5) is 2.14. The lowest BCUT2D eigenvalue weighted by Gasteiger charge is -2.47. The lowest BCUT2D eigenvalue weighted by atomic mass is 9.72. The molecule has 3 heteroatoms. The van der Waals surface area contributed by atoms with Crippen molar-refractivity contribution in [2.45, 2.75) is 50.7 Å². The van der Waals surface area contributed by atoms with Crippen LogP contribution in [-0.4, -0.2) is 35.7 Å². The van der Waals surface area contributed by atoms with Gasteiger partial charge in [-0.05, 0) is 57.3 Å². The average Bonchev–Trinajstić information content (AvgIpc) is 2.42. The van der Waals surface area contributed by atoms with Gasteiger partial charge in [0.1, 0.15) is 5.82 Å². The van der Waals surface area contributed by atoms with E-state index in [1.807, 2.05) is 20.2 Å². The summed E-state index contributed by atoms with van der Waals surface area (Å²) in [5.74, 6) is 0.508. The Labute approximate surface area is 121 Å². The lowest BCUT2D eigenvalue weighted by molar-refractivity contribution is -0.0385. The van der Waals surface area contributed by atoms with Crippen LogP contribution in [0.4, 0.5) is 4.39 Å². The zero-order valence-corrected chi connectivity index (χ0v) is 12.8. The summed E-state index contributed by atoms with van der Waals surface area (Å²) in [6.07, 6.45) is 4.09. The van der Waals surface area contributed by atoms with Crippen molar-refractivity contribution in [3.05, 3.63) is 35.6 Å². The molecule has 1 saturated carbocycles. The van der Waals surface area contributed by atoms with E-state index in [0.717, 1.165) is 31.6 Å². The smallest absolute Gasteiger partial charge is 0.126 e. The first-order valence-corrected chi connectivity index (χ1v) is 7.54. The topological polar surface area (TPSA) is 23.5 Å². The Kier molecular flexibility index (Phi) is 4.82. The number of aliphatic hydroxyl groups is 1. The van der Waals surface area contributed by atoms with Crippen molar-refractivity contribution in [3.63, 3.8) is 0 Å². The van der Waals surface area contributed by atoms with Crippen molar-refractivity contribution in [1.82, 2.24) is 4.90 Å². The van der Waals surface area contributed by atoms with Gasteiger partial charge in [-0.15, -0.1) is 0 Å². The Morgan fingerprint density at radius 1 is 1.30 bits per heavy atom. The fourth-order valence-electron chi connectivity index (χ4n) is 3.40. The summed E-state index contributed by atoms with van der Waals surface area (Å²) in [6.45, 7) is 2.27. The second-order valence-electron chi connectivity index (χ2n) is 6.49. The summed E-state index contributed by atoms with van der Waals surface area (Å²) in [5, 5.41) is 10.8. The Morgan fingerprint density at radius 2 is 1.90 bits per heavy atom. The third-order valence-corrected chi connectivity index (χ3v) is 5.02. The van der Waals surface area contributed by atoms with Crippen molar-refractivity contribution in [3.8, 4) is 0 Å². The van der Waals surface area contributed by atoms with Crippen molar-refractivity contribution >= 4 is 0 Å². The lowest BCUT2D eigenvalue weighted by Crippen LogP contribution is -2.56. The minimum atomic E-state index is -0.526. The van der Waals surface area contributed by atoms with Gasteiger partial charge in [-0.1, -0.05) is 25.1 Å². The van der Waals surface area contributed by atoms with Crippen LogP contribution in [0.15, 0.2) is 24.3 Å². The SMILES string of the molecule is CC1CCC(C(O)Cc2ccccc2F)(N(C)C)CC1. The van der Waals surface area contributed by atoms with E-state index in [0.29, 0.717) is 12.0 Å². The van der Waals surface area contributed by atoms with Gasteiger partial charge in [-0.25, -0.2) is 4.39 Å². The molecular weight excluding hydrogens is 253 g/mol.